The van der Waals surface area contributed by atoms with Gasteiger partial charge in [0.1, 0.15) is 12.2 Å². The molecule has 0 amide bonds. The van der Waals surface area contributed by atoms with Crippen molar-refractivity contribution in [3.8, 4) is 0 Å². The average Bonchev–Trinajstić information content (AvgIpc) is 3.17. The lowest BCUT2D eigenvalue weighted by molar-refractivity contribution is -0.184. The first-order chi connectivity index (χ1) is 19.8. The fourth-order valence-corrected chi connectivity index (χ4v) is 11.7. The molecule has 4 saturated carbocycles. The van der Waals surface area contributed by atoms with Crippen LogP contribution in [0.5, 0.6) is 0 Å². The highest BCUT2D eigenvalue weighted by molar-refractivity contribution is 7.81. The fraction of sp³-hybridized carbons (Fsp3) is 1.00. The van der Waals surface area contributed by atoms with Crippen LogP contribution in [0.4, 0.5) is 0 Å². The summed E-state index contributed by atoms with van der Waals surface area (Å²) < 4.78 is 120. The highest BCUT2D eigenvalue weighted by Crippen LogP contribution is 2.69. The molecular formula is C29H49O12S3-3. The van der Waals surface area contributed by atoms with Crippen molar-refractivity contribution in [3.63, 3.8) is 0 Å². The molecule has 0 aromatic rings. The molecule has 0 saturated heterocycles. The molecule has 0 N–H and O–H groups in total. The summed E-state index contributed by atoms with van der Waals surface area (Å²) in [6, 6.07) is 0. The highest BCUT2D eigenvalue weighted by Gasteiger charge is 2.64. The predicted molar refractivity (Wildman–Crippen MR) is 157 cm³/mol. The van der Waals surface area contributed by atoms with Crippen molar-refractivity contribution in [1.82, 2.24) is 0 Å². The zero-order valence-corrected chi connectivity index (χ0v) is 29.2. The Morgan fingerprint density at radius 3 is 1.77 bits per heavy atom. The third kappa shape index (κ3) is 7.83. The molecule has 0 aromatic carbocycles. The molecule has 0 heterocycles. The van der Waals surface area contributed by atoms with Gasteiger partial charge in [0.25, 0.3) is 0 Å². The molecule has 12 atom stereocenters. The van der Waals surface area contributed by atoms with E-state index in [1.54, 1.807) is 0 Å². The van der Waals surface area contributed by atoms with Crippen LogP contribution >= 0.6 is 0 Å². The maximum atomic E-state index is 11.9. The largest absolute Gasteiger partial charge is 0.726 e. The Bertz CT molecular complexity index is 1370. The van der Waals surface area contributed by atoms with Crippen molar-refractivity contribution < 1.29 is 51.5 Å². The molecule has 0 spiro atoms. The summed E-state index contributed by atoms with van der Waals surface area (Å²) in [6.45, 7) is 15.6. The lowest BCUT2D eigenvalue weighted by Crippen LogP contribution is -2.62. The minimum atomic E-state index is -5.35. The van der Waals surface area contributed by atoms with Crippen LogP contribution in [0.25, 0.3) is 0 Å². The molecule has 4 rings (SSSR count). The smallest absolute Gasteiger partial charge is 0.217 e. The van der Waals surface area contributed by atoms with Gasteiger partial charge in [0.05, 0.1) is 6.10 Å². The maximum Gasteiger partial charge on any atom is 0.217 e. The van der Waals surface area contributed by atoms with Gasteiger partial charge in [0.2, 0.25) is 31.2 Å². The van der Waals surface area contributed by atoms with E-state index in [0.29, 0.717) is 17.8 Å². The van der Waals surface area contributed by atoms with E-state index in [2.05, 4.69) is 45.7 Å². The van der Waals surface area contributed by atoms with Gasteiger partial charge in [-0.3, -0.25) is 12.5 Å². The molecule has 0 bridgehead atoms. The topological polar surface area (TPSA) is 199 Å². The molecule has 0 radical (unpaired) electrons. The molecular weight excluding hydrogens is 637 g/mol. The standard InChI is InChI=1S/C29H52O12S3/c1-17(8-9-18(2)27(3,4)5)20-10-11-21-19-14-24(39-42(30,31)32)23-15-25(40-43(33,34)35)26(41-44(36,37)38)16-29(23,7)22(19)12-13-28(20,21)6/h17-26H,8-16H2,1-7H3,(H,30,31,32)(H,33,34,35)(H,36,37,38)/p-3. The maximum absolute atomic E-state index is 11.9. The minimum absolute atomic E-state index is 0.0269. The molecule has 12 unspecified atom stereocenters. The summed E-state index contributed by atoms with van der Waals surface area (Å²) in [5, 5.41) is 0. The lowest BCUT2D eigenvalue weighted by atomic mass is 9.43. The zero-order valence-electron chi connectivity index (χ0n) is 26.8. The highest BCUT2D eigenvalue weighted by atomic mass is 32.3. The van der Waals surface area contributed by atoms with Gasteiger partial charge in [-0.05, 0) is 109 Å². The molecule has 0 aliphatic heterocycles. The van der Waals surface area contributed by atoms with Gasteiger partial charge in [0.15, 0.2) is 0 Å². The number of fused-ring (bicyclic) bond motifs is 5. The van der Waals surface area contributed by atoms with Crippen LogP contribution in [0.15, 0.2) is 0 Å². The van der Waals surface area contributed by atoms with E-state index in [9.17, 15) is 38.9 Å². The van der Waals surface area contributed by atoms with E-state index in [-0.39, 0.29) is 47.8 Å². The molecule has 4 fully saturated rings. The lowest BCUT2D eigenvalue weighted by Gasteiger charge is -2.63. The second kappa shape index (κ2) is 12.2. The van der Waals surface area contributed by atoms with Crippen LogP contribution in [-0.4, -0.2) is 57.2 Å². The number of hydrogen-bond acceptors (Lipinski definition) is 12. The van der Waals surface area contributed by atoms with Crippen molar-refractivity contribution in [2.75, 3.05) is 0 Å². The van der Waals surface area contributed by atoms with Crippen molar-refractivity contribution >= 4 is 31.2 Å². The fourth-order valence-electron chi connectivity index (χ4n) is 10.1. The summed E-state index contributed by atoms with van der Waals surface area (Å²) >= 11 is 0. The molecule has 4 aliphatic carbocycles. The Morgan fingerprint density at radius 2 is 1.23 bits per heavy atom. The van der Waals surface area contributed by atoms with Gasteiger partial charge in [-0.15, -0.1) is 0 Å². The minimum Gasteiger partial charge on any atom is -0.726 e. The average molecular weight is 686 g/mol. The van der Waals surface area contributed by atoms with E-state index in [0.717, 1.165) is 38.5 Å². The molecule has 12 nitrogen and oxygen atoms in total. The third-order valence-corrected chi connectivity index (χ3v) is 14.1. The van der Waals surface area contributed by atoms with Gasteiger partial charge >= 0.3 is 0 Å². The van der Waals surface area contributed by atoms with Crippen molar-refractivity contribution in [2.45, 2.75) is 125 Å². The van der Waals surface area contributed by atoms with Crippen LogP contribution in [0.1, 0.15) is 106 Å². The zero-order chi connectivity index (χ0) is 33.3. The van der Waals surface area contributed by atoms with Gasteiger partial charge < -0.3 is 13.7 Å². The first-order valence-electron chi connectivity index (χ1n) is 15.8. The van der Waals surface area contributed by atoms with Gasteiger partial charge in [-0.25, -0.2) is 25.3 Å². The summed E-state index contributed by atoms with van der Waals surface area (Å²) in [5.41, 5.74) is -0.700. The Labute approximate surface area is 264 Å². The quantitative estimate of drug-likeness (QED) is 0.231. The Kier molecular flexibility index (Phi) is 10.1. The first-order valence-corrected chi connectivity index (χ1v) is 19.8. The Balaban J connectivity index is 1.66. The van der Waals surface area contributed by atoms with E-state index >= 15 is 0 Å². The second-order valence-electron chi connectivity index (χ2n) is 15.8. The molecule has 258 valence electrons. The van der Waals surface area contributed by atoms with E-state index in [4.69, 9.17) is 8.37 Å². The normalized spacial score (nSPS) is 41.3. The van der Waals surface area contributed by atoms with E-state index in [1.165, 1.54) is 0 Å². The van der Waals surface area contributed by atoms with Crippen LogP contribution in [0.2, 0.25) is 0 Å². The second-order valence-corrected chi connectivity index (χ2v) is 18.9. The van der Waals surface area contributed by atoms with E-state index < -0.39 is 60.8 Å². The van der Waals surface area contributed by atoms with Crippen LogP contribution in [0.3, 0.4) is 0 Å². The van der Waals surface area contributed by atoms with Crippen molar-refractivity contribution in [2.24, 2.45) is 57.7 Å². The van der Waals surface area contributed by atoms with Gasteiger partial charge in [0, 0.05) is 0 Å². The number of hydrogen-bond donors (Lipinski definition) is 0. The van der Waals surface area contributed by atoms with Crippen LogP contribution in [-0.2, 0) is 43.7 Å². The summed E-state index contributed by atoms with van der Waals surface area (Å²) in [6.07, 6.45) is 1.15. The predicted octanol–water partition coefficient (Wildman–Crippen LogP) is 4.50. The Hall–Kier alpha value is -0.390. The monoisotopic (exact) mass is 685 g/mol. The molecule has 15 heteroatoms. The van der Waals surface area contributed by atoms with Crippen molar-refractivity contribution in [3.05, 3.63) is 0 Å². The Morgan fingerprint density at radius 1 is 0.705 bits per heavy atom. The summed E-state index contributed by atoms with van der Waals surface area (Å²) in [4.78, 5) is 0. The van der Waals surface area contributed by atoms with Crippen molar-refractivity contribution in [1.29, 1.82) is 0 Å². The summed E-state index contributed by atoms with van der Waals surface area (Å²) in [7, 11) is -15.8. The number of rotatable bonds is 10. The molecule has 0 aromatic heterocycles. The first kappa shape index (κ1) is 36.4. The van der Waals surface area contributed by atoms with Crippen LogP contribution in [0, 0.1) is 57.7 Å². The molecule has 44 heavy (non-hydrogen) atoms. The van der Waals surface area contributed by atoms with Gasteiger partial charge in [-0.1, -0.05) is 54.9 Å². The SMILES string of the molecule is CC(CCC(C)C(C)(C)C)C1CCC2C3CC(OS(=O)(=O)[O-])C4CC(OS(=O)(=O)[O-])C(OS(=O)(=O)[O-])CC4(C)C3CCC12C. The van der Waals surface area contributed by atoms with Gasteiger partial charge in [-0.2, -0.15) is 0 Å². The third-order valence-electron chi connectivity index (χ3n) is 12.6. The summed E-state index contributed by atoms with van der Waals surface area (Å²) in [5.74, 6) is 0.809. The molecule has 4 aliphatic rings. The van der Waals surface area contributed by atoms with E-state index in [1.807, 2.05) is 6.92 Å². The van der Waals surface area contributed by atoms with Crippen LogP contribution < -0.4 is 0 Å².